The second kappa shape index (κ2) is 10.5. The number of amides is 2. The van der Waals surface area contributed by atoms with E-state index in [0.29, 0.717) is 19.8 Å². The fourth-order valence-electron chi connectivity index (χ4n) is 2.55. The number of nitrogens with one attached hydrogen (secondary N) is 2. The quantitative estimate of drug-likeness (QED) is 0.686. The molecule has 0 aromatic heterocycles. The summed E-state index contributed by atoms with van der Waals surface area (Å²) in [5.74, 6) is 0. The molecule has 0 aliphatic heterocycles. The predicted octanol–water partition coefficient (Wildman–Crippen LogP) is 3.47. The molecule has 0 aliphatic rings. The smallest absolute Gasteiger partial charge is 0.315 e. The first-order chi connectivity index (χ1) is 12.2. The van der Waals surface area contributed by atoms with Crippen LogP contribution in [0.5, 0.6) is 0 Å². The van der Waals surface area contributed by atoms with Crippen LogP contribution in [0.15, 0.2) is 60.7 Å². The first kappa shape index (κ1) is 19.0. The Bertz CT molecular complexity index is 574. The summed E-state index contributed by atoms with van der Waals surface area (Å²) in [6.07, 6.45) is -0.437. The number of hydrogen-bond acceptors (Lipinski definition) is 3. The largest absolute Gasteiger partial charge is 0.351 e. The average molecular weight is 342 g/mol. The van der Waals surface area contributed by atoms with Crippen molar-refractivity contribution in [3.05, 3.63) is 71.8 Å². The van der Waals surface area contributed by atoms with Crippen LogP contribution in [-0.2, 0) is 9.47 Å². The van der Waals surface area contributed by atoms with E-state index in [1.54, 1.807) is 0 Å². The van der Waals surface area contributed by atoms with Gasteiger partial charge in [0.05, 0.1) is 12.6 Å². The molecule has 5 heteroatoms. The van der Waals surface area contributed by atoms with Gasteiger partial charge in [0.25, 0.3) is 0 Å². The summed E-state index contributed by atoms with van der Waals surface area (Å²) in [6, 6.07) is 19.3. The van der Waals surface area contributed by atoms with Gasteiger partial charge in [0.1, 0.15) is 0 Å². The third-order valence-corrected chi connectivity index (χ3v) is 3.68. The number of carbonyl (C=O) groups is 1. The third-order valence-electron chi connectivity index (χ3n) is 3.68. The third kappa shape index (κ3) is 6.21. The summed E-state index contributed by atoms with van der Waals surface area (Å²) < 4.78 is 10.9. The van der Waals surface area contributed by atoms with Gasteiger partial charge in [-0.1, -0.05) is 60.7 Å². The van der Waals surface area contributed by atoms with E-state index in [2.05, 4.69) is 10.6 Å². The number of carbonyl (C=O) groups excluding carboxylic acids is 1. The Morgan fingerprint density at radius 1 is 0.880 bits per heavy atom. The van der Waals surface area contributed by atoms with Crippen LogP contribution < -0.4 is 10.6 Å². The molecule has 2 aromatic carbocycles. The Labute approximate surface area is 149 Å². The van der Waals surface area contributed by atoms with Crippen molar-refractivity contribution in [1.29, 1.82) is 0 Å². The molecule has 134 valence electrons. The predicted molar refractivity (Wildman–Crippen MR) is 98.3 cm³/mol. The van der Waals surface area contributed by atoms with Gasteiger partial charge in [-0.15, -0.1) is 0 Å². The van der Waals surface area contributed by atoms with E-state index in [0.717, 1.165) is 11.1 Å². The zero-order valence-electron chi connectivity index (χ0n) is 14.8. The highest BCUT2D eigenvalue weighted by Gasteiger charge is 2.17. The first-order valence-electron chi connectivity index (χ1n) is 8.62. The molecule has 2 N–H and O–H groups in total. The highest BCUT2D eigenvalue weighted by Crippen LogP contribution is 2.21. The summed E-state index contributed by atoms with van der Waals surface area (Å²) in [6.45, 7) is 5.15. The van der Waals surface area contributed by atoms with Crippen LogP contribution in [0.4, 0.5) is 4.79 Å². The maximum atomic E-state index is 12.4. The van der Waals surface area contributed by atoms with E-state index in [9.17, 15) is 4.79 Å². The van der Waals surface area contributed by atoms with Crippen molar-refractivity contribution >= 4 is 6.03 Å². The van der Waals surface area contributed by atoms with E-state index in [1.165, 1.54) is 0 Å². The molecule has 0 saturated carbocycles. The van der Waals surface area contributed by atoms with Gasteiger partial charge in [-0.2, -0.15) is 0 Å². The molecule has 0 atom stereocenters. The Kier molecular flexibility index (Phi) is 7.95. The molecule has 0 fully saturated rings. The molecule has 0 aliphatic carbocycles. The van der Waals surface area contributed by atoms with Crippen molar-refractivity contribution < 1.29 is 14.3 Å². The molecule has 2 rings (SSSR count). The molecular weight excluding hydrogens is 316 g/mol. The van der Waals surface area contributed by atoms with Gasteiger partial charge in [-0.25, -0.2) is 4.79 Å². The fraction of sp³-hybridized carbons (Fsp3) is 0.350. The van der Waals surface area contributed by atoms with Gasteiger partial charge in [0.15, 0.2) is 6.29 Å². The number of ether oxygens (including phenoxy) is 2. The van der Waals surface area contributed by atoms with Crippen molar-refractivity contribution in [2.75, 3.05) is 19.8 Å². The maximum absolute atomic E-state index is 12.4. The Morgan fingerprint density at radius 2 is 1.36 bits per heavy atom. The Balaban J connectivity index is 2.03. The maximum Gasteiger partial charge on any atom is 0.315 e. The zero-order valence-corrected chi connectivity index (χ0v) is 14.8. The Morgan fingerprint density at radius 3 is 1.80 bits per heavy atom. The minimum atomic E-state index is -0.437. The molecule has 0 spiro atoms. The summed E-state index contributed by atoms with van der Waals surface area (Å²) in [4.78, 5) is 12.4. The molecule has 0 bridgehead atoms. The van der Waals surface area contributed by atoms with Gasteiger partial charge in [0.2, 0.25) is 0 Å². The lowest BCUT2D eigenvalue weighted by molar-refractivity contribution is -0.131. The molecule has 0 heterocycles. The van der Waals surface area contributed by atoms with E-state index < -0.39 is 6.29 Å². The molecule has 2 aromatic rings. The average Bonchev–Trinajstić information content (AvgIpc) is 2.66. The molecule has 25 heavy (non-hydrogen) atoms. The van der Waals surface area contributed by atoms with Gasteiger partial charge in [-0.3, -0.25) is 0 Å². The van der Waals surface area contributed by atoms with E-state index >= 15 is 0 Å². The number of benzene rings is 2. The van der Waals surface area contributed by atoms with Crippen molar-refractivity contribution in [3.8, 4) is 0 Å². The van der Waals surface area contributed by atoms with Crippen LogP contribution in [0, 0.1) is 0 Å². The second-order valence-electron chi connectivity index (χ2n) is 5.45. The first-order valence-corrected chi connectivity index (χ1v) is 8.62. The van der Waals surface area contributed by atoms with Crippen LogP contribution in [0.3, 0.4) is 0 Å². The molecule has 0 saturated heterocycles. The van der Waals surface area contributed by atoms with Crippen molar-refractivity contribution in [3.63, 3.8) is 0 Å². The highest BCUT2D eigenvalue weighted by molar-refractivity contribution is 5.75. The summed E-state index contributed by atoms with van der Waals surface area (Å²) >= 11 is 0. The summed E-state index contributed by atoms with van der Waals surface area (Å²) in [5.41, 5.74) is 2.05. The lowest BCUT2D eigenvalue weighted by Gasteiger charge is -2.22. The van der Waals surface area contributed by atoms with E-state index in [4.69, 9.17) is 9.47 Å². The topological polar surface area (TPSA) is 59.6 Å². The molecule has 2 amide bonds. The molecule has 0 unspecified atom stereocenters. The van der Waals surface area contributed by atoms with E-state index in [1.807, 2.05) is 74.5 Å². The highest BCUT2D eigenvalue weighted by atomic mass is 16.7. The number of hydrogen-bond donors (Lipinski definition) is 2. The van der Waals surface area contributed by atoms with Crippen LogP contribution in [0.2, 0.25) is 0 Å². The Hall–Kier alpha value is -2.37. The van der Waals surface area contributed by atoms with Crippen molar-refractivity contribution in [2.24, 2.45) is 0 Å². The number of urea groups is 1. The lowest BCUT2D eigenvalue weighted by atomic mass is 9.99. The van der Waals surface area contributed by atoms with Crippen molar-refractivity contribution in [1.82, 2.24) is 10.6 Å². The minimum absolute atomic E-state index is 0.222. The second-order valence-corrected chi connectivity index (χ2v) is 5.45. The van der Waals surface area contributed by atoms with Gasteiger partial charge in [-0.05, 0) is 25.0 Å². The van der Waals surface area contributed by atoms with Crippen LogP contribution in [-0.4, -0.2) is 32.1 Å². The SMILES string of the molecule is CCOC(CNC(=O)NC(c1ccccc1)c1ccccc1)OCC. The molecular formula is C20H26N2O3. The van der Waals surface area contributed by atoms with Crippen LogP contribution in [0.25, 0.3) is 0 Å². The minimum Gasteiger partial charge on any atom is -0.351 e. The van der Waals surface area contributed by atoms with Crippen molar-refractivity contribution in [2.45, 2.75) is 26.2 Å². The zero-order chi connectivity index (χ0) is 17.9. The summed E-state index contributed by atoms with van der Waals surface area (Å²) in [5, 5.41) is 5.85. The number of rotatable bonds is 9. The lowest BCUT2D eigenvalue weighted by Crippen LogP contribution is -2.43. The van der Waals surface area contributed by atoms with Gasteiger partial charge in [0, 0.05) is 13.2 Å². The van der Waals surface area contributed by atoms with Gasteiger partial charge >= 0.3 is 6.03 Å². The van der Waals surface area contributed by atoms with Crippen LogP contribution in [0.1, 0.15) is 31.0 Å². The monoisotopic (exact) mass is 342 g/mol. The molecule has 0 radical (unpaired) electrons. The summed E-state index contributed by atoms with van der Waals surface area (Å²) in [7, 11) is 0. The van der Waals surface area contributed by atoms with Crippen LogP contribution >= 0.6 is 0 Å². The standard InChI is InChI=1S/C20H26N2O3/c1-3-24-18(25-4-2)15-21-20(23)22-19(16-11-7-5-8-12-16)17-13-9-6-10-14-17/h5-14,18-19H,3-4,15H2,1-2H3,(H2,21,22,23). The van der Waals surface area contributed by atoms with E-state index in [-0.39, 0.29) is 12.1 Å². The van der Waals surface area contributed by atoms with Gasteiger partial charge < -0.3 is 20.1 Å². The molecule has 5 nitrogen and oxygen atoms in total. The normalized spacial score (nSPS) is 10.9. The fourth-order valence-corrected chi connectivity index (χ4v) is 2.55.